The highest BCUT2D eigenvalue weighted by molar-refractivity contribution is 6.33. The highest BCUT2D eigenvalue weighted by atomic mass is 35.5. The van der Waals surface area contributed by atoms with Crippen LogP contribution in [0.2, 0.25) is 5.02 Å². The molecule has 0 aliphatic heterocycles. The number of quaternary nitrogens is 1. The Morgan fingerprint density at radius 2 is 1.90 bits per heavy atom. The molecule has 0 bridgehead atoms. The smallest absolute Gasteiger partial charge is 0.279 e. The van der Waals surface area contributed by atoms with Gasteiger partial charge in [0.25, 0.3) is 5.91 Å². The number of hydrogen-bond donors (Lipinski definition) is 2. The largest absolute Gasteiger partial charge is 0.336 e. The van der Waals surface area contributed by atoms with Crippen LogP contribution in [0.3, 0.4) is 0 Å². The molecule has 1 saturated carbocycles. The minimum absolute atomic E-state index is 0.0921. The maximum Gasteiger partial charge on any atom is 0.279 e. The molecular weight excluding hydrogens is 291 g/mol. The molecule has 5 heteroatoms. The van der Waals surface area contributed by atoms with E-state index in [4.69, 9.17) is 11.6 Å². The lowest BCUT2D eigenvalue weighted by Gasteiger charge is -2.18. The van der Waals surface area contributed by atoms with Crippen molar-refractivity contribution in [3.8, 4) is 0 Å². The van der Waals surface area contributed by atoms with Crippen LogP contribution in [0, 0.1) is 5.82 Å². The van der Waals surface area contributed by atoms with Gasteiger partial charge in [-0.15, -0.1) is 0 Å². The molecule has 1 aliphatic rings. The normalized spacial score (nSPS) is 17.0. The number of nitrogens with two attached hydrogens (primary N) is 1. The van der Waals surface area contributed by atoms with Crippen molar-refractivity contribution in [1.82, 2.24) is 0 Å². The number of amides is 1. The van der Waals surface area contributed by atoms with Crippen molar-refractivity contribution in [1.29, 1.82) is 0 Å². The molecule has 116 valence electrons. The molecule has 1 amide bonds. The summed E-state index contributed by atoms with van der Waals surface area (Å²) >= 11 is 5.90. The fraction of sp³-hybridized carbons (Fsp3) is 0.562. The highest BCUT2D eigenvalue weighted by Gasteiger charge is 2.16. The van der Waals surface area contributed by atoms with Crippen LogP contribution >= 0.6 is 11.6 Å². The summed E-state index contributed by atoms with van der Waals surface area (Å²) in [5, 5.41) is 5.09. The molecule has 0 heterocycles. The van der Waals surface area contributed by atoms with Gasteiger partial charge in [-0.1, -0.05) is 30.9 Å². The third-order valence-corrected chi connectivity index (χ3v) is 4.30. The van der Waals surface area contributed by atoms with Gasteiger partial charge >= 0.3 is 0 Å². The van der Waals surface area contributed by atoms with E-state index < -0.39 is 5.82 Å². The Morgan fingerprint density at radius 3 is 2.57 bits per heavy atom. The molecule has 0 saturated heterocycles. The predicted molar refractivity (Wildman–Crippen MR) is 82.9 cm³/mol. The molecule has 3 nitrogen and oxygen atoms in total. The highest BCUT2D eigenvalue weighted by Crippen LogP contribution is 2.22. The number of hydrogen-bond acceptors (Lipinski definition) is 1. The zero-order valence-electron chi connectivity index (χ0n) is 12.2. The minimum atomic E-state index is -0.404. The Bertz CT molecular complexity index is 473. The third kappa shape index (κ3) is 5.64. The molecule has 1 fully saturated rings. The molecule has 1 aromatic carbocycles. The first-order chi connectivity index (χ1) is 10.1. The second-order valence-electron chi connectivity index (χ2n) is 5.72. The Kier molecular flexibility index (Phi) is 6.46. The van der Waals surface area contributed by atoms with E-state index in [-0.39, 0.29) is 10.9 Å². The van der Waals surface area contributed by atoms with E-state index >= 15 is 0 Å². The fourth-order valence-corrected chi connectivity index (χ4v) is 3.00. The summed E-state index contributed by atoms with van der Waals surface area (Å²) in [7, 11) is 0. The van der Waals surface area contributed by atoms with E-state index in [1.807, 2.05) is 0 Å². The lowest BCUT2D eigenvalue weighted by molar-refractivity contribution is -0.680. The maximum absolute atomic E-state index is 12.9. The molecule has 0 atom stereocenters. The standard InChI is InChI=1S/C16H22ClFN2O/c17-14-10-12(18)8-9-15(14)20-16(21)11-19-13-6-4-2-1-3-5-7-13/h8-10,13,19H,1-7,11H2,(H,20,21)/p+1. The summed E-state index contributed by atoms with van der Waals surface area (Å²) in [6, 6.07) is 4.53. The van der Waals surface area contributed by atoms with Crippen LogP contribution in [0.1, 0.15) is 44.9 Å². The quantitative estimate of drug-likeness (QED) is 0.881. The molecule has 0 radical (unpaired) electrons. The van der Waals surface area contributed by atoms with E-state index in [0.717, 1.165) is 0 Å². The van der Waals surface area contributed by atoms with Crippen LogP contribution in [0.25, 0.3) is 0 Å². The third-order valence-electron chi connectivity index (χ3n) is 3.99. The molecule has 3 N–H and O–H groups in total. The van der Waals surface area contributed by atoms with E-state index in [0.29, 0.717) is 18.3 Å². The Morgan fingerprint density at radius 1 is 1.24 bits per heavy atom. The molecule has 0 aromatic heterocycles. The van der Waals surface area contributed by atoms with Crippen molar-refractivity contribution in [3.05, 3.63) is 29.0 Å². The van der Waals surface area contributed by atoms with Gasteiger partial charge in [-0.2, -0.15) is 0 Å². The van der Waals surface area contributed by atoms with Crippen LogP contribution in [0.15, 0.2) is 18.2 Å². The van der Waals surface area contributed by atoms with Gasteiger partial charge in [0.05, 0.1) is 16.8 Å². The average molecular weight is 314 g/mol. The van der Waals surface area contributed by atoms with Crippen molar-refractivity contribution in [3.63, 3.8) is 0 Å². The van der Waals surface area contributed by atoms with E-state index in [1.54, 1.807) is 0 Å². The Labute approximate surface area is 130 Å². The van der Waals surface area contributed by atoms with Gasteiger partial charge < -0.3 is 10.6 Å². The topological polar surface area (TPSA) is 45.7 Å². The summed E-state index contributed by atoms with van der Waals surface area (Å²) in [5.41, 5.74) is 0.467. The van der Waals surface area contributed by atoms with E-state index in [2.05, 4.69) is 10.6 Å². The maximum atomic E-state index is 12.9. The van der Waals surface area contributed by atoms with Crippen molar-refractivity contribution in [2.45, 2.75) is 51.0 Å². The van der Waals surface area contributed by atoms with Crippen LogP contribution in [0.4, 0.5) is 10.1 Å². The summed E-state index contributed by atoms with van der Waals surface area (Å²) in [4.78, 5) is 12.0. The number of anilines is 1. The number of benzene rings is 1. The Balaban J connectivity index is 1.78. The summed E-state index contributed by atoms with van der Waals surface area (Å²) in [6.45, 7) is 0.387. The molecule has 21 heavy (non-hydrogen) atoms. The van der Waals surface area contributed by atoms with Crippen LogP contribution < -0.4 is 10.6 Å². The average Bonchev–Trinajstić information content (AvgIpc) is 2.41. The number of rotatable bonds is 4. The molecule has 1 aliphatic carbocycles. The number of carbonyl (C=O) groups excluding carboxylic acids is 1. The zero-order valence-corrected chi connectivity index (χ0v) is 13.0. The first-order valence-corrected chi connectivity index (χ1v) is 8.11. The van der Waals surface area contributed by atoms with E-state index in [1.165, 1.54) is 63.1 Å². The molecule has 0 unspecified atom stereocenters. The van der Waals surface area contributed by atoms with Gasteiger partial charge in [0, 0.05) is 0 Å². The van der Waals surface area contributed by atoms with Crippen molar-refractivity contribution >= 4 is 23.2 Å². The van der Waals surface area contributed by atoms with Crippen molar-refractivity contribution in [2.24, 2.45) is 0 Å². The summed E-state index contributed by atoms with van der Waals surface area (Å²) in [5.74, 6) is -0.496. The lowest BCUT2D eigenvalue weighted by atomic mass is 9.97. The van der Waals surface area contributed by atoms with Crippen molar-refractivity contribution in [2.75, 3.05) is 11.9 Å². The zero-order chi connectivity index (χ0) is 15.1. The Hall–Kier alpha value is -1.13. The van der Waals surface area contributed by atoms with Gasteiger partial charge in [0.1, 0.15) is 5.82 Å². The van der Waals surface area contributed by atoms with Gasteiger partial charge in [-0.25, -0.2) is 4.39 Å². The van der Waals surface area contributed by atoms with Crippen LogP contribution in [0.5, 0.6) is 0 Å². The monoisotopic (exact) mass is 313 g/mol. The molecule has 1 aromatic rings. The first kappa shape index (κ1) is 16.2. The van der Waals surface area contributed by atoms with Gasteiger partial charge in [-0.05, 0) is 43.9 Å². The number of halogens is 2. The first-order valence-electron chi connectivity index (χ1n) is 7.73. The van der Waals surface area contributed by atoms with Gasteiger partial charge in [-0.3, -0.25) is 4.79 Å². The van der Waals surface area contributed by atoms with Crippen LogP contribution in [-0.4, -0.2) is 18.5 Å². The second kappa shape index (κ2) is 8.35. The molecule has 0 spiro atoms. The van der Waals surface area contributed by atoms with Gasteiger partial charge in [0.15, 0.2) is 6.54 Å². The number of carbonyl (C=O) groups is 1. The SMILES string of the molecule is O=C(C[NH2+]C1CCCCCCC1)Nc1ccc(F)cc1Cl. The van der Waals surface area contributed by atoms with Gasteiger partial charge in [0.2, 0.25) is 0 Å². The predicted octanol–water partition coefficient (Wildman–Crippen LogP) is 3.09. The fourth-order valence-electron chi connectivity index (χ4n) is 2.79. The van der Waals surface area contributed by atoms with Crippen LogP contribution in [-0.2, 0) is 4.79 Å². The minimum Gasteiger partial charge on any atom is -0.336 e. The van der Waals surface area contributed by atoms with E-state index in [9.17, 15) is 9.18 Å². The second-order valence-corrected chi connectivity index (χ2v) is 6.12. The van der Waals surface area contributed by atoms with Crippen molar-refractivity contribution < 1.29 is 14.5 Å². The molecular formula is C16H23ClFN2O+. The lowest BCUT2D eigenvalue weighted by Crippen LogP contribution is -2.91. The number of nitrogens with one attached hydrogen (secondary N) is 1. The summed E-state index contributed by atoms with van der Waals surface area (Å²) in [6.07, 6.45) is 8.84. The summed E-state index contributed by atoms with van der Waals surface area (Å²) < 4.78 is 12.9. The molecule has 2 rings (SSSR count).